The van der Waals surface area contributed by atoms with Gasteiger partial charge in [-0.1, -0.05) is 51.5 Å². The van der Waals surface area contributed by atoms with Gasteiger partial charge in [0.05, 0.1) is 5.60 Å². The molecule has 22 heavy (non-hydrogen) atoms. The Morgan fingerprint density at radius 2 is 2.14 bits per heavy atom. The first-order valence-corrected chi connectivity index (χ1v) is 8.99. The van der Waals surface area contributed by atoms with E-state index in [1.165, 1.54) is 5.57 Å². The van der Waals surface area contributed by atoms with Crippen molar-refractivity contribution in [3.8, 4) is 0 Å². The van der Waals surface area contributed by atoms with Gasteiger partial charge in [-0.2, -0.15) is 0 Å². The molecule has 1 saturated carbocycles. The van der Waals surface area contributed by atoms with E-state index in [2.05, 4.69) is 26.0 Å². The van der Waals surface area contributed by atoms with Gasteiger partial charge in [0.1, 0.15) is 5.78 Å². The molecule has 0 amide bonds. The Labute approximate surface area is 135 Å². The average Bonchev–Trinajstić information content (AvgIpc) is 2.85. The molecule has 0 bridgehead atoms. The molecule has 2 aliphatic rings. The first kappa shape index (κ1) is 17.5. The van der Waals surface area contributed by atoms with Gasteiger partial charge in [-0.3, -0.25) is 4.79 Å². The van der Waals surface area contributed by atoms with Gasteiger partial charge in [0.25, 0.3) is 0 Å². The Morgan fingerprint density at radius 3 is 2.77 bits per heavy atom. The van der Waals surface area contributed by atoms with Crippen LogP contribution in [0.15, 0.2) is 23.8 Å². The fourth-order valence-electron chi connectivity index (χ4n) is 4.42. The van der Waals surface area contributed by atoms with E-state index in [1.54, 1.807) is 0 Å². The standard InChI is InChI=1S/C20H32O2/c1-5-20(22,6-2)14-7-9-15(3)16-11-12-17-18(21)10-8-13-19(16,17)4/h7,11,14-15,17,22H,5-6,8-10,12-13H2,1-4H3/t15-,17?,19-/m1/s1. The number of carbonyl (C=O) groups excluding carboxylic acids is 1. The monoisotopic (exact) mass is 304 g/mol. The Morgan fingerprint density at radius 1 is 1.45 bits per heavy atom. The average molecular weight is 304 g/mol. The summed E-state index contributed by atoms with van der Waals surface area (Å²) < 4.78 is 0. The summed E-state index contributed by atoms with van der Waals surface area (Å²) in [5, 5.41) is 10.3. The van der Waals surface area contributed by atoms with Gasteiger partial charge < -0.3 is 5.11 Å². The number of carbonyl (C=O) groups is 1. The van der Waals surface area contributed by atoms with E-state index in [1.807, 2.05) is 19.9 Å². The van der Waals surface area contributed by atoms with Crippen LogP contribution < -0.4 is 0 Å². The molecule has 124 valence electrons. The lowest BCUT2D eigenvalue weighted by Gasteiger charge is -2.40. The maximum atomic E-state index is 12.2. The summed E-state index contributed by atoms with van der Waals surface area (Å²) in [6.07, 6.45) is 12.8. The number of fused-ring (bicyclic) bond motifs is 1. The van der Waals surface area contributed by atoms with Crippen LogP contribution >= 0.6 is 0 Å². The molecule has 0 saturated heterocycles. The van der Waals surface area contributed by atoms with Gasteiger partial charge in [-0.25, -0.2) is 0 Å². The number of Topliss-reactive ketones (excluding diaryl/α,β-unsaturated/α-hetero) is 1. The van der Waals surface area contributed by atoms with Crippen LogP contribution in [0.2, 0.25) is 0 Å². The van der Waals surface area contributed by atoms with Crippen molar-refractivity contribution >= 4 is 5.78 Å². The first-order valence-electron chi connectivity index (χ1n) is 8.99. The van der Waals surface area contributed by atoms with E-state index in [-0.39, 0.29) is 11.3 Å². The van der Waals surface area contributed by atoms with E-state index < -0.39 is 5.60 Å². The van der Waals surface area contributed by atoms with Gasteiger partial charge in [0.15, 0.2) is 0 Å². The second kappa shape index (κ2) is 6.70. The molecular formula is C20H32O2. The van der Waals surface area contributed by atoms with Crippen LogP contribution in [0.3, 0.4) is 0 Å². The summed E-state index contributed by atoms with van der Waals surface area (Å²) in [6.45, 7) is 8.61. The molecule has 0 aromatic rings. The molecule has 0 aromatic heterocycles. The van der Waals surface area contributed by atoms with E-state index in [4.69, 9.17) is 0 Å². The Kier molecular flexibility index (Phi) is 5.32. The lowest BCUT2D eigenvalue weighted by Crippen LogP contribution is -2.36. The summed E-state index contributed by atoms with van der Waals surface area (Å²) in [4.78, 5) is 12.2. The molecule has 1 fully saturated rings. The van der Waals surface area contributed by atoms with Gasteiger partial charge >= 0.3 is 0 Å². The Balaban J connectivity index is 2.03. The summed E-state index contributed by atoms with van der Waals surface area (Å²) >= 11 is 0. The van der Waals surface area contributed by atoms with Gasteiger partial charge in [0.2, 0.25) is 0 Å². The largest absolute Gasteiger partial charge is 0.386 e. The minimum Gasteiger partial charge on any atom is -0.386 e. The number of ketones is 1. The number of rotatable bonds is 6. The zero-order valence-corrected chi connectivity index (χ0v) is 14.7. The van der Waals surface area contributed by atoms with Crippen LogP contribution in [-0.4, -0.2) is 16.5 Å². The molecule has 1 unspecified atom stereocenters. The molecule has 3 atom stereocenters. The second-order valence-electron chi connectivity index (χ2n) is 7.53. The molecule has 2 aliphatic carbocycles. The Hall–Kier alpha value is -0.890. The zero-order chi connectivity index (χ0) is 16.4. The summed E-state index contributed by atoms with van der Waals surface area (Å²) in [7, 11) is 0. The topological polar surface area (TPSA) is 37.3 Å². The maximum Gasteiger partial charge on any atom is 0.137 e. The SMILES string of the molecule is CCC(O)(C=CC[C@@H](C)C1=CCC2C(=O)CCC[C@]12C)CC. The van der Waals surface area contributed by atoms with Crippen LogP contribution in [0.4, 0.5) is 0 Å². The van der Waals surface area contributed by atoms with Crippen molar-refractivity contribution < 1.29 is 9.90 Å². The van der Waals surface area contributed by atoms with Crippen LogP contribution in [-0.2, 0) is 4.79 Å². The lowest BCUT2D eigenvalue weighted by atomic mass is 9.63. The highest BCUT2D eigenvalue weighted by atomic mass is 16.3. The van der Waals surface area contributed by atoms with Crippen molar-refractivity contribution in [2.24, 2.45) is 17.3 Å². The Bertz CT molecular complexity index is 470. The van der Waals surface area contributed by atoms with E-state index in [0.717, 1.165) is 44.9 Å². The molecule has 2 heteroatoms. The number of hydrogen-bond acceptors (Lipinski definition) is 2. The molecule has 2 nitrogen and oxygen atoms in total. The van der Waals surface area contributed by atoms with Gasteiger partial charge in [-0.15, -0.1) is 0 Å². The minimum absolute atomic E-state index is 0.0917. The predicted octanol–water partition coefficient (Wildman–Crippen LogP) is 4.83. The fourth-order valence-corrected chi connectivity index (χ4v) is 4.42. The molecular weight excluding hydrogens is 272 g/mol. The first-order chi connectivity index (χ1) is 10.4. The van der Waals surface area contributed by atoms with Crippen LogP contribution in [0.25, 0.3) is 0 Å². The van der Waals surface area contributed by atoms with Crippen molar-refractivity contribution in [2.75, 3.05) is 0 Å². The van der Waals surface area contributed by atoms with Crippen molar-refractivity contribution in [3.05, 3.63) is 23.8 Å². The van der Waals surface area contributed by atoms with E-state index >= 15 is 0 Å². The smallest absolute Gasteiger partial charge is 0.137 e. The number of aliphatic hydroxyl groups is 1. The van der Waals surface area contributed by atoms with Crippen molar-refractivity contribution in [1.29, 1.82) is 0 Å². The van der Waals surface area contributed by atoms with Crippen molar-refractivity contribution in [2.45, 2.75) is 78.2 Å². The summed E-state index contributed by atoms with van der Waals surface area (Å²) in [5.74, 6) is 1.15. The number of allylic oxidation sites excluding steroid dienone is 3. The molecule has 0 aromatic carbocycles. The predicted molar refractivity (Wildman–Crippen MR) is 91.6 cm³/mol. The third-order valence-electron chi connectivity index (χ3n) is 6.18. The van der Waals surface area contributed by atoms with Crippen LogP contribution in [0.5, 0.6) is 0 Å². The second-order valence-corrected chi connectivity index (χ2v) is 7.53. The third kappa shape index (κ3) is 3.22. The lowest BCUT2D eigenvalue weighted by molar-refractivity contribution is -0.128. The van der Waals surface area contributed by atoms with Gasteiger partial charge in [0, 0.05) is 12.3 Å². The normalized spacial score (nSPS) is 30.5. The van der Waals surface area contributed by atoms with Gasteiger partial charge in [-0.05, 0) is 49.9 Å². The van der Waals surface area contributed by atoms with Crippen LogP contribution in [0.1, 0.15) is 72.6 Å². The highest BCUT2D eigenvalue weighted by molar-refractivity contribution is 5.84. The minimum atomic E-state index is -0.656. The van der Waals surface area contributed by atoms with Crippen molar-refractivity contribution in [1.82, 2.24) is 0 Å². The third-order valence-corrected chi connectivity index (χ3v) is 6.18. The molecule has 0 heterocycles. The number of hydrogen-bond donors (Lipinski definition) is 1. The van der Waals surface area contributed by atoms with Crippen LogP contribution in [0, 0.1) is 17.3 Å². The fraction of sp³-hybridized carbons (Fsp3) is 0.750. The van der Waals surface area contributed by atoms with E-state index in [9.17, 15) is 9.90 Å². The molecule has 2 rings (SSSR count). The maximum absolute atomic E-state index is 12.2. The van der Waals surface area contributed by atoms with E-state index in [0.29, 0.717) is 11.7 Å². The summed E-state index contributed by atoms with van der Waals surface area (Å²) in [6, 6.07) is 0. The van der Waals surface area contributed by atoms with Crippen molar-refractivity contribution in [3.63, 3.8) is 0 Å². The molecule has 0 aliphatic heterocycles. The quantitative estimate of drug-likeness (QED) is 0.714. The zero-order valence-electron chi connectivity index (χ0n) is 14.7. The molecule has 1 N–H and O–H groups in total. The highest BCUT2D eigenvalue weighted by Crippen LogP contribution is 2.53. The summed E-state index contributed by atoms with van der Waals surface area (Å²) in [5.41, 5.74) is 0.914. The highest BCUT2D eigenvalue weighted by Gasteiger charge is 2.47. The molecule has 0 radical (unpaired) electrons. The molecule has 0 spiro atoms.